The van der Waals surface area contributed by atoms with Crippen LogP contribution in [0, 0.1) is 3.57 Å². The van der Waals surface area contributed by atoms with E-state index in [1.807, 2.05) is 6.07 Å². The Morgan fingerprint density at radius 3 is 2.94 bits per heavy atom. The van der Waals surface area contributed by atoms with E-state index in [2.05, 4.69) is 63.0 Å². The summed E-state index contributed by atoms with van der Waals surface area (Å²) in [5, 5.41) is 0. The van der Waals surface area contributed by atoms with E-state index in [1.54, 1.807) is 0 Å². The molecule has 0 saturated heterocycles. The third-order valence-corrected chi connectivity index (χ3v) is 3.64. The van der Waals surface area contributed by atoms with E-state index >= 15 is 0 Å². The lowest BCUT2D eigenvalue weighted by atomic mass is 10.1. The molecule has 0 heterocycles. The van der Waals surface area contributed by atoms with Crippen molar-refractivity contribution in [2.45, 2.75) is 19.4 Å². The highest BCUT2D eigenvalue weighted by molar-refractivity contribution is 14.1. The van der Waals surface area contributed by atoms with Gasteiger partial charge >= 0.3 is 0 Å². The second-order valence-electron chi connectivity index (χ2n) is 3.46. The first-order valence-corrected chi connectivity index (χ1v) is 7.05. The molecule has 1 atom stereocenters. The number of hydrogen-bond acceptors (Lipinski definition) is 3. The second-order valence-corrected chi connectivity index (χ2v) is 5.54. The van der Waals surface area contributed by atoms with Crippen molar-refractivity contribution in [2.75, 3.05) is 13.2 Å². The van der Waals surface area contributed by atoms with Gasteiger partial charge in [-0.25, -0.2) is 0 Å². The minimum Gasteiger partial charge on any atom is -0.379 e. The lowest BCUT2D eigenvalue weighted by Gasteiger charge is -2.18. The smallest absolute Gasteiger partial charge is 0.0704 e. The van der Waals surface area contributed by atoms with Crippen molar-refractivity contribution in [3.8, 4) is 0 Å². The third kappa shape index (κ3) is 4.29. The van der Waals surface area contributed by atoms with Crippen molar-refractivity contribution in [3.05, 3.63) is 31.8 Å². The zero-order chi connectivity index (χ0) is 12.0. The lowest BCUT2D eigenvalue weighted by molar-refractivity contribution is 0.112. The molecule has 0 aliphatic carbocycles. The normalized spacial score (nSPS) is 12.8. The molecule has 0 fully saturated rings. The summed E-state index contributed by atoms with van der Waals surface area (Å²) in [5.74, 6) is 5.56. The Kier molecular flexibility index (Phi) is 6.83. The molecule has 1 unspecified atom stereocenters. The van der Waals surface area contributed by atoms with E-state index in [4.69, 9.17) is 10.6 Å². The first-order chi connectivity index (χ1) is 7.69. The van der Waals surface area contributed by atoms with E-state index in [1.165, 1.54) is 3.57 Å². The molecule has 3 N–H and O–H groups in total. The van der Waals surface area contributed by atoms with Gasteiger partial charge in [-0.1, -0.05) is 22.9 Å². The molecule has 5 heteroatoms. The summed E-state index contributed by atoms with van der Waals surface area (Å²) < 4.78 is 7.76. The first-order valence-electron chi connectivity index (χ1n) is 5.17. The molecule has 1 aromatic rings. The van der Waals surface area contributed by atoms with Crippen LogP contribution in [0.3, 0.4) is 0 Å². The quantitative estimate of drug-likeness (QED) is 0.335. The van der Waals surface area contributed by atoms with Crippen LogP contribution in [-0.2, 0) is 4.74 Å². The molecule has 0 aromatic heterocycles. The number of hydrogen-bond donors (Lipinski definition) is 2. The van der Waals surface area contributed by atoms with Crippen LogP contribution in [0.25, 0.3) is 0 Å². The minimum atomic E-state index is 0.0379. The Morgan fingerprint density at radius 2 is 2.31 bits per heavy atom. The summed E-state index contributed by atoms with van der Waals surface area (Å²) in [7, 11) is 0. The predicted octanol–water partition coefficient (Wildman–Crippen LogP) is 2.98. The highest BCUT2D eigenvalue weighted by atomic mass is 127. The first kappa shape index (κ1) is 14.4. The molecule has 0 aliphatic heterocycles. The predicted molar refractivity (Wildman–Crippen MR) is 78.0 cm³/mol. The number of rotatable bonds is 6. The molecule has 0 aliphatic rings. The molecule has 0 amide bonds. The Balaban J connectivity index is 2.73. The highest BCUT2D eigenvalue weighted by Gasteiger charge is 2.13. The molecular weight excluding hydrogens is 383 g/mol. The van der Waals surface area contributed by atoms with Crippen molar-refractivity contribution in [1.82, 2.24) is 5.43 Å². The van der Waals surface area contributed by atoms with Crippen molar-refractivity contribution < 1.29 is 4.74 Å². The fraction of sp³-hybridized carbons (Fsp3) is 0.455. The number of nitrogens with two attached hydrogens (primary N) is 1. The fourth-order valence-electron chi connectivity index (χ4n) is 1.35. The minimum absolute atomic E-state index is 0.0379. The zero-order valence-electron chi connectivity index (χ0n) is 9.17. The number of benzene rings is 1. The maximum absolute atomic E-state index is 5.56. The van der Waals surface area contributed by atoms with Gasteiger partial charge in [0.1, 0.15) is 0 Å². The Hall–Kier alpha value is 0.310. The molecular formula is C11H16BrIN2O. The summed E-state index contributed by atoms with van der Waals surface area (Å²) in [6.45, 7) is 3.45. The molecule has 0 spiro atoms. The van der Waals surface area contributed by atoms with Gasteiger partial charge in [0, 0.05) is 14.6 Å². The maximum Gasteiger partial charge on any atom is 0.0704 e. The largest absolute Gasteiger partial charge is 0.379 e. The van der Waals surface area contributed by atoms with Crippen molar-refractivity contribution in [3.63, 3.8) is 0 Å². The van der Waals surface area contributed by atoms with Crippen LogP contribution >= 0.6 is 38.5 Å². The van der Waals surface area contributed by atoms with E-state index in [0.29, 0.717) is 6.61 Å². The zero-order valence-corrected chi connectivity index (χ0v) is 12.9. The number of nitrogens with one attached hydrogen (secondary N) is 1. The van der Waals surface area contributed by atoms with Crippen LogP contribution < -0.4 is 11.3 Å². The van der Waals surface area contributed by atoms with Gasteiger partial charge in [0.05, 0.1) is 12.6 Å². The van der Waals surface area contributed by atoms with E-state index in [0.717, 1.165) is 23.1 Å². The maximum atomic E-state index is 5.56. The van der Waals surface area contributed by atoms with E-state index in [-0.39, 0.29) is 6.04 Å². The molecule has 1 rings (SSSR count). The standard InChI is InChI=1S/C11H16BrIN2O/c1-2-5-16-7-11(15-14)9-6-8(12)3-4-10(9)13/h3-4,6,11,15H,2,5,7,14H2,1H3. The van der Waals surface area contributed by atoms with Crippen molar-refractivity contribution in [1.29, 1.82) is 0 Å². The van der Waals surface area contributed by atoms with Crippen LogP contribution in [0.1, 0.15) is 24.9 Å². The molecule has 0 saturated carbocycles. The lowest BCUT2D eigenvalue weighted by Crippen LogP contribution is -2.32. The number of hydrazine groups is 1. The summed E-state index contributed by atoms with van der Waals surface area (Å²) in [5.41, 5.74) is 3.96. The average Bonchev–Trinajstić information content (AvgIpc) is 2.28. The second kappa shape index (κ2) is 7.60. The molecule has 90 valence electrons. The van der Waals surface area contributed by atoms with Gasteiger partial charge in [-0.15, -0.1) is 0 Å². The monoisotopic (exact) mass is 398 g/mol. The SMILES string of the molecule is CCCOCC(NN)c1cc(Br)ccc1I. The highest BCUT2D eigenvalue weighted by Crippen LogP contribution is 2.24. The van der Waals surface area contributed by atoms with Gasteiger partial charge in [-0.05, 0) is 52.8 Å². The van der Waals surface area contributed by atoms with Crippen LogP contribution in [-0.4, -0.2) is 13.2 Å². The Bertz CT molecular complexity index is 336. The van der Waals surface area contributed by atoms with Gasteiger partial charge in [0.2, 0.25) is 0 Å². The molecule has 0 radical (unpaired) electrons. The van der Waals surface area contributed by atoms with Gasteiger partial charge < -0.3 is 4.74 Å². The summed E-state index contributed by atoms with van der Waals surface area (Å²) in [6.07, 6.45) is 1.02. The number of ether oxygens (including phenoxy) is 1. The molecule has 0 bridgehead atoms. The fourth-order valence-corrected chi connectivity index (χ4v) is 2.45. The van der Waals surface area contributed by atoms with Gasteiger partial charge in [-0.2, -0.15) is 0 Å². The summed E-state index contributed by atoms with van der Waals surface area (Å²) >= 11 is 5.77. The van der Waals surface area contributed by atoms with Gasteiger partial charge in [0.25, 0.3) is 0 Å². The molecule has 3 nitrogen and oxygen atoms in total. The Morgan fingerprint density at radius 1 is 1.56 bits per heavy atom. The van der Waals surface area contributed by atoms with Crippen LogP contribution in [0.2, 0.25) is 0 Å². The third-order valence-electron chi connectivity index (χ3n) is 2.17. The number of halogens is 2. The topological polar surface area (TPSA) is 47.3 Å². The van der Waals surface area contributed by atoms with E-state index in [9.17, 15) is 0 Å². The average molecular weight is 399 g/mol. The van der Waals surface area contributed by atoms with Gasteiger partial charge in [0.15, 0.2) is 0 Å². The van der Waals surface area contributed by atoms with Crippen LogP contribution in [0.4, 0.5) is 0 Å². The van der Waals surface area contributed by atoms with Crippen LogP contribution in [0.5, 0.6) is 0 Å². The molecule has 16 heavy (non-hydrogen) atoms. The Labute approximate surface area is 118 Å². The van der Waals surface area contributed by atoms with Crippen molar-refractivity contribution in [2.24, 2.45) is 5.84 Å². The summed E-state index contributed by atoms with van der Waals surface area (Å²) in [6, 6.07) is 6.19. The van der Waals surface area contributed by atoms with Crippen LogP contribution in [0.15, 0.2) is 22.7 Å². The molecule has 1 aromatic carbocycles. The van der Waals surface area contributed by atoms with Gasteiger partial charge in [-0.3, -0.25) is 11.3 Å². The van der Waals surface area contributed by atoms with E-state index < -0.39 is 0 Å². The summed E-state index contributed by atoms with van der Waals surface area (Å²) in [4.78, 5) is 0. The van der Waals surface area contributed by atoms with Crippen molar-refractivity contribution >= 4 is 38.5 Å².